The number of hydrogen-bond donors (Lipinski definition) is 2. The Morgan fingerprint density at radius 1 is 1.06 bits per heavy atom. The lowest BCUT2D eigenvalue weighted by Crippen LogP contribution is -2.12. The molecule has 0 atom stereocenters. The van der Waals surface area contributed by atoms with Gasteiger partial charge in [-0.05, 0) is 56.4 Å². The second kappa shape index (κ2) is 10.2. The highest BCUT2D eigenvalue weighted by molar-refractivity contribution is 6.37. The molecule has 0 saturated carbocycles. The van der Waals surface area contributed by atoms with Gasteiger partial charge in [-0.2, -0.15) is 5.26 Å². The number of hydrogen-bond acceptors (Lipinski definition) is 6. The van der Waals surface area contributed by atoms with Crippen LogP contribution in [0.15, 0.2) is 66.7 Å². The molecule has 3 aromatic carbocycles. The number of carbonyl (C=O) groups excluding carboxylic acids is 2. The van der Waals surface area contributed by atoms with Crippen LogP contribution in [0, 0.1) is 11.3 Å². The largest absolute Gasteiger partial charge is 0.462 e. The van der Waals surface area contributed by atoms with Crippen LogP contribution in [0.25, 0.3) is 11.3 Å². The van der Waals surface area contributed by atoms with E-state index in [0.717, 1.165) is 11.1 Å². The van der Waals surface area contributed by atoms with Gasteiger partial charge < -0.3 is 20.3 Å². The van der Waals surface area contributed by atoms with Crippen molar-refractivity contribution >= 4 is 34.5 Å². The summed E-state index contributed by atoms with van der Waals surface area (Å²) in [5, 5.41) is 15.9. The smallest absolute Gasteiger partial charge is 0.338 e. The zero-order valence-electron chi connectivity index (χ0n) is 19.9. The van der Waals surface area contributed by atoms with Crippen LogP contribution in [-0.2, 0) is 16.1 Å². The van der Waals surface area contributed by atoms with Gasteiger partial charge in [0.2, 0.25) is 0 Å². The number of carbonyl (C=O) groups is 2. The molecule has 3 aromatic rings. The number of nitrogens with one attached hydrogen (secondary N) is 2. The molecule has 176 valence electrons. The van der Waals surface area contributed by atoms with Crippen LogP contribution < -0.4 is 10.6 Å². The average Bonchev–Trinajstić information content (AvgIpc) is 3.18. The third kappa shape index (κ3) is 5.08. The molecule has 7 heteroatoms. The first-order valence-corrected chi connectivity index (χ1v) is 11.3. The van der Waals surface area contributed by atoms with E-state index in [0.29, 0.717) is 45.9 Å². The minimum absolute atomic E-state index is 0.271. The van der Waals surface area contributed by atoms with Gasteiger partial charge in [-0.15, -0.1) is 0 Å². The van der Waals surface area contributed by atoms with E-state index < -0.39 is 5.97 Å². The number of fused-ring (bicyclic) bond motifs is 1. The maximum absolute atomic E-state index is 13.2. The molecule has 1 heterocycles. The van der Waals surface area contributed by atoms with Gasteiger partial charge in [0, 0.05) is 17.8 Å². The monoisotopic (exact) mass is 466 g/mol. The van der Waals surface area contributed by atoms with Gasteiger partial charge in [-0.3, -0.25) is 4.79 Å². The molecule has 0 bridgehead atoms. The maximum atomic E-state index is 13.2. The first kappa shape index (κ1) is 23.7. The summed E-state index contributed by atoms with van der Waals surface area (Å²) >= 11 is 0. The van der Waals surface area contributed by atoms with E-state index >= 15 is 0 Å². The molecule has 4 rings (SSSR count). The highest BCUT2D eigenvalue weighted by atomic mass is 16.5. The van der Waals surface area contributed by atoms with Gasteiger partial charge >= 0.3 is 5.97 Å². The molecule has 0 fully saturated rings. The average molecular weight is 467 g/mol. The summed E-state index contributed by atoms with van der Waals surface area (Å²) < 4.78 is 5.09. The molecular formula is C28H26N4O3. The van der Waals surface area contributed by atoms with Crippen molar-refractivity contribution in [2.75, 3.05) is 31.3 Å². The fraction of sp³-hybridized carbons (Fsp3) is 0.179. The molecule has 0 saturated heterocycles. The fourth-order valence-corrected chi connectivity index (χ4v) is 4.03. The van der Waals surface area contributed by atoms with E-state index in [9.17, 15) is 14.9 Å². The van der Waals surface area contributed by atoms with Gasteiger partial charge in [0.05, 0.1) is 40.8 Å². The van der Waals surface area contributed by atoms with Crippen LogP contribution in [0.5, 0.6) is 0 Å². The molecule has 7 nitrogen and oxygen atoms in total. The molecule has 1 aliphatic heterocycles. The second-order valence-electron chi connectivity index (χ2n) is 8.40. The van der Waals surface area contributed by atoms with Gasteiger partial charge in [-0.25, -0.2) is 4.79 Å². The Labute approximate surface area is 204 Å². The van der Waals surface area contributed by atoms with E-state index in [2.05, 4.69) is 16.7 Å². The summed E-state index contributed by atoms with van der Waals surface area (Å²) in [5.41, 5.74) is 5.66. The Hall–Kier alpha value is -4.41. The van der Waals surface area contributed by atoms with Crippen LogP contribution in [-0.4, -0.2) is 37.5 Å². The van der Waals surface area contributed by atoms with Crippen molar-refractivity contribution < 1.29 is 14.3 Å². The number of ether oxygens (including phenoxy) is 1. The normalized spacial score (nSPS) is 13.6. The minimum Gasteiger partial charge on any atom is -0.462 e. The molecular weight excluding hydrogens is 440 g/mol. The summed E-state index contributed by atoms with van der Waals surface area (Å²) in [6.45, 7) is 2.67. The molecule has 0 aromatic heterocycles. The van der Waals surface area contributed by atoms with Crippen molar-refractivity contribution in [3.8, 4) is 6.07 Å². The highest BCUT2D eigenvalue weighted by Crippen LogP contribution is 2.38. The molecule has 0 radical (unpaired) electrons. The number of benzene rings is 3. The van der Waals surface area contributed by atoms with Crippen molar-refractivity contribution in [3.63, 3.8) is 0 Å². The fourth-order valence-electron chi connectivity index (χ4n) is 4.03. The molecule has 2 N–H and O–H groups in total. The minimum atomic E-state index is -0.440. The molecule has 0 unspecified atom stereocenters. The van der Waals surface area contributed by atoms with E-state index in [1.165, 1.54) is 0 Å². The number of nitriles is 1. The lowest BCUT2D eigenvalue weighted by Gasteiger charge is -2.17. The van der Waals surface area contributed by atoms with Gasteiger partial charge in [-0.1, -0.05) is 42.5 Å². The lowest BCUT2D eigenvalue weighted by atomic mass is 9.98. The first-order valence-electron chi connectivity index (χ1n) is 11.3. The van der Waals surface area contributed by atoms with Crippen LogP contribution in [0.3, 0.4) is 0 Å². The Bertz CT molecular complexity index is 1350. The third-order valence-electron chi connectivity index (χ3n) is 5.57. The standard InChI is InChI=1S/C28H26N4O3/c1-4-35-28(34)19-11-13-23-24(15-19)31-27(33)25(23)26(18-8-6-5-7-9-18)30-22-12-10-20(17-32(2)3)21(14-22)16-29/h5-15,30H,4,17H2,1-3H3,(H,31,33)/b26-25-. The topological polar surface area (TPSA) is 94.5 Å². The van der Waals surface area contributed by atoms with E-state index in [1.54, 1.807) is 31.2 Å². The number of esters is 1. The molecule has 1 amide bonds. The zero-order chi connectivity index (χ0) is 24.9. The Morgan fingerprint density at radius 3 is 2.51 bits per heavy atom. The van der Waals surface area contributed by atoms with Crippen molar-refractivity contribution in [1.82, 2.24) is 4.90 Å². The Balaban J connectivity index is 1.81. The van der Waals surface area contributed by atoms with Gasteiger partial charge in [0.15, 0.2) is 0 Å². The Kier molecular flexibility index (Phi) is 6.95. The first-order chi connectivity index (χ1) is 16.9. The number of nitrogens with zero attached hydrogens (tertiary/aromatic N) is 2. The number of amides is 1. The van der Waals surface area contributed by atoms with Crippen molar-refractivity contribution in [1.29, 1.82) is 5.26 Å². The third-order valence-corrected chi connectivity index (χ3v) is 5.57. The van der Waals surface area contributed by atoms with Gasteiger partial charge in [0.1, 0.15) is 0 Å². The SMILES string of the molecule is CCOC(=O)c1ccc2c(c1)NC(=O)/C2=C(\Nc1ccc(CN(C)C)c(C#N)c1)c1ccccc1. The van der Waals surface area contributed by atoms with Gasteiger partial charge in [0.25, 0.3) is 5.91 Å². The van der Waals surface area contributed by atoms with E-state index in [4.69, 9.17) is 4.74 Å². The van der Waals surface area contributed by atoms with Crippen molar-refractivity contribution in [2.24, 2.45) is 0 Å². The Morgan fingerprint density at radius 2 is 1.83 bits per heavy atom. The molecule has 1 aliphatic rings. The van der Waals surface area contributed by atoms with Crippen LogP contribution in [0.4, 0.5) is 11.4 Å². The van der Waals surface area contributed by atoms with E-state index in [-0.39, 0.29) is 12.5 Å². The summed E-state index contributed by atoms with van der Waals surface area (Å²) in [7, 11) is 3.91. The number of rotatable bonds is 7. The molecule has 0 spiro atoms. The predicted molar refractivity (Wildman–Crippen MR) is 136 cm³/mol. The summed E-state index contributed by atoms with van der Waals surface area (Å²) in [5.74, 6) is -0.720. The lowest BCUT2D eigenvalue weighted by molar-refractivity contribution is -0.110. The van der Waals surface area contributed by atoms with Crippen molar-refractivity contribution in [3.05, 3.63) is 94.5 Å². The van der Waals surface area contributed by atoms with Crippen LogP contribution in [0.1, 0.15) is 39.5 Å². The molecule has 0 aliphatic carbocycles. The number of anilines is 2. The summed E-state index contributed by atoms with van der Waals surface area (Å²) in [6, 6.07) is 22.5. The quantitative estimate of drug-likeness (QED) is 0.386. The molecule has 35 heavy (non-hydrogen) atoms. The zero-order valence-corrected chi connectivity index (χ0v) is 19.9. The summed E-state index contributed by atoms with van der Waals surface area (Å²) in [4.78, 5) is 27.3. The second-order valence-corrected chi connectivity index (χ2v) is 8.40. The van der Waals surface area contributed by atoms with E-state index in [1.807, 2.05) is 61.5 Å². The van der Waals surface area contributed by atoms with Crippen LogP contribution in [0.2, 0.25) is 0 Å². The van der Waals surface area contributed by atoms with Crippen molar-refractivity contribution in [2.45, 2.75) is 13.5 Å². The predicted octanol–water partition coefficient (Wildman–Crippen LogP) is 4.73. The maximum Gasteiger partial charge on any atom is 0.338 e. The highest BCUT2D eigenvalue weighted by Gasteiger charge is 2.29. The summed E-state index contributed by atoms with van der Waals surface area (Å²) in [6.07, 6.45) is 0. The van der Waals surface area contributed by atoms with Crippen LogP contribution >= 0.6 is 0 Å².